The standard InChI is InChI=1S/C10H14ClFN2O2S.ClH/c1-6-3-10(8(11)4-9(6)12)17(15,16)14-7(2)5-13;/h3-4,7,14H,5,13H2,1-2H3;1H/t7-;/m0./s1. The van der Waals surface area contributed by atoms with Gasteiger partial charge in [0.25, 0.3) is 0 Å². The first-order valence-electron chi connectivity index (χ1n) is 4.96. The zero-order valence-corrected chi connectivity index (χ0v) is 12.3. The Morgan fingerprint density at radius 2 is 2.06 bits per heavy atom. The van der Waals surface area contributed by atoms with Crippen molar-refractivity contribution in [1.82, 2.24) is 4.72 Å². The summed E-state index contributed by atoms with van der Waals surface area (Å²) in [5.74, 6) is -0.541. The number of hydrogen-bond donors (Lipinski definition) is 2. The highest BCUT2D eigenvalue weighted by Crippen LogP contribution is 2.24. The van der Waals surface area contributed by atoms with Crippen LogP contribution in [0.4, 0.5) is 4.39 Å². The summed E-state index contributed by atoms with van der Waals surface area (Å²) in [6.45, 7) is 3.26. The molecule has 0 saturated carbocycles. The lowest BCUT2D eigenvalue weighted by Gasteiger charge is -2.13. The van der Waals surface area contributed by atoms with Gasteiger partial charge in [-0.2, -0.15) is 0 Å². The van der Waals surface area contributed by atoms with E-state index in [-0.39, 0.29) is 34.4 Å². The molecule has 0 aliphatic rings. The maximum Gasteiger partial charge on any atom is 0.242 e. The van der Waals surface area contributed by atoms with Gasteiger partial charge < -0.3 is 5.73 Å². The Bertz CT molecular complexity index is 523. The van der Waals surface area contributed by atoms with Crippen LogP contribution in [0.25, 0.3) is 0 Å². The van der Waals surface area contributed by atoms with Crippen molar-refractivity contribution in [3.05, 3.63) is 28.5 Å². The number of nitrogens with one attached hydrogen (secondary N) is 1. The molecule has 0 aliphatic carbocycles. The first kappa shape index (κ1) is 17.6. The van der Waals surface area contributed by atoms with Gasteiger partial charge in [0.05, 0.1) is 5.02 Å². The van der Waals surface area contributed by atoms with Gasteiger partial charge >= 0.3 is 0 Å². The Labute approximate surface area is 117 Å². The van der Waals surface area contributed by atoms with Gasteiger partial charge in [0, 0.05) is 12.6 Å². The molecule has 4 nitrogen and oxygen atoms in total. The normalized spacial score (nSPS) is 12.9. The second-order valence-electron chi connectivity index (χ2n) is 3.79. The molecular weight excluding hydrogens is 302 g/mol. The van der Waals surface area contributed by atoms with Crippen LogP contribution in [-0.2, 0) is 10.0 Å². The zero-order chi connectivity index (χ0) is 13.2. The fourth-order valence-corrected chi connectivity index (χ4v) is 3.07. The minimum atomic E-state index is -3.77. The van der Waals surface area contributed by atoms with E-state index in [0.29, 0.717) is 0 Å². The minimum Gasteiger partial charge on any atom is -0.329 e. The van der Waals surface area contributed by atoms with Crippen molar-refractivity contribution in [2.24, 2.45) is 5.73 Å². The van der Waals surface area contributed by atoms with E-state index in [4.69, 9.17) is 17.3 Å². The average Bonchev–Trinajstić information content (AvgIpc) is 2.22. The third kappa shape index (κ3) is 4.07. The summed E-state index contributed by atoms with van der Waals surface area (Å²) < 4.78 is 39.3. The van der Waals surface area contributed by atoms with Crippen LogP contribution in [0, 0.1) is 12.7 Å². The van der Waals surface area contributed by atoms with E-state index in [0.717, 1.165) is 6.07 Å². The Hall–Kier alpha value is -0.400. The quantitative estimate of drug-likeness (QED) is 0.890. The first-order valence-corrected chi connectivity index (χ1v) is 6.82. The molecule has 0 heterocycles. The Balaban J connectivity index is 0.00000289. The summed E-state index contributed by atoms with van der Waals surface area (Å²) in [5.41, 5.74) is 5.55. The second kappa shape index (κ2) is 6.68. The van der Waals surface area contributed by atoms with E-state index in [1.165, 1.54) is 13.0 Å². The predicted molar refractivity (Wildman–Crippen MR) is 72.2 cm³/mol. The molecule has 0 fully saturated rings. The van der Waals surface area contributed by atoms with Crippen molar-refractivity contribution < 1.29 is 12.8 Å². The monoisotopic (exact) mass is 316 g/mol. The fraction of sp³-hybridized carbons (Fsp3) is 0.400. The van der Waals surface area contributed by atoms with Crippen molar-refractivity contribution >= 4 is 34.0 Å². The largest absolute Gasteiger partial charge is 0.329 e. The second-order valence-corrected chi connectivity index (χ2v) is 5.88. The van der Waals surface area contributed by atoms with Crippen molar-refractivity contribution in [1.29, 1.82) is 0 Å². The molecule has 1 atom stereocenters. The number of nitrogens with two attached hydrogens (primary N) is 1. The Morgan fingerprint density at radius 3 is 2.56 bits per heavy atom. The number of aryl methyl sites for hydroxylation is 1. The number of halogens is 3. The van der Waals surface area contributed by atoms with E-state index >= 15 is 0 Å². The molecule has 18 heavy (non-hydrogen) atoms. The molecule has 0 bridgehead atoms. The van der Waals surface area contributed by atoms with Crippen LogP contribution in [0.1, 0.15) is 12.5 Å². The van der Waals surface area contributed by atoms with E-state index in [2.05, 4.69) is 4.72 Å². The minimum absolute atomic E-state index is 0. The highest BCUT2D eigenvalue weighted by molar-refractivity contribution is 7.89. The third-order valence-corrected chi connectivity index (χ3v) is 4.27. The number of sulfonamides is 1. The third-order valence-electron chi connectivity index (χ3n) is 2.21. The molecule has 104 valence electrons. The Kier molecular flexibility index (Phi) is 6.53. The Morgan fingerprint density at radius 1 is 1.50 bits per heavy atom. The molecule has 1 rings (SSSR count). The lowest BCUT2D eigenvalue weighted by Crippen LogP contribution is -2.37. The van der Waals surface area contributed by atoms with Gasteiger partial charge in [-0.1, -0.05) is 11.6 Å². The number of benzene rings is 1. The number of hydrogen-bond acceptors (Lipinski definition) is 3. The van der Waals surface area contributed by atoms with E-state index in [9.17, 15) is 12.8 Å². The van der Waals surface area contributed by atoms with Gasteiger partial charge in [0.1, 0.15) is 10.7 Å². The first-order chi connectivity index (χ1) is 7.77. The fourth-order valence-electron chi connectivity index (χ4n) is 1.21. The topological polar surface area (TPSA) is 72.2 Å². The molecule has 1 aromatic carbocycles. The molecule has 0 unspecified atom stereocenters. The lowest BCUT2D eigenvalue weighted by molar-refractivity contribution is 0.562. The van der Waals surface area contributed by atoms with Crippen LogP contribution >= 0.6 is 24.0 Å². The molecular formula is C10H15Cl2FN2O2S. The van der Waals surface area contributed by atoms with Gasteiger partial charge in [0.2, 0.25) is 10.0 Å². The summed E-state index contributed by atoms with van der Waals surface area (Å²) in [6.07, 6.45) is 0. The van der Waals surface area contributed by atoms with Crippen molar-refractivity contribution in [3.63, 3.8) is 0 Å². The smallest absolute Gasteiger partial charge is 0.242 e. The molecule has 0 spiro atoms. The molecule has 0 amide bonds. The van der Waals surface area contributed by atoms with Crippen molar-refractivity contribution in [2.75, 3.05) is 6.54 Å². The summed E-state index contributed by atoms with van der Waals surface area (Å²) in [5, 5.41) is -0.148. The van der Waals surface area contributed by atoms with E-state index < -0.39 is 21.9 Å². The molecule has 0 aliphatic heterocycles. The van der Waals surface area contributed by atoms with Gasteiger partial charge in [0.15, 0.2) is 0 Å². The van der Waals surface area contributed by atoms with Crippen LogP contribution in [0.15, 0.2) is 17.0 Å². The van der Waals surface area contributed by atoms with Crippen LogP contribution in [0.3, 0.4) is 0 Å². The summed E-state index contributed by atoms with van der Waals surface area (Å²) in [4.78, 5) is -0.140. The van der Waals surface area contributed by atoms with Gasteiger partial charge in [-0.25, -0.2) is 17.5 Å². The van der Waals surface area contributed by atoms with Crippen molar-refractivity contribution in [3.8, 4) is 0 Å². The maximum atomic E-state index is 13.2. The van der Waals surface area contributed by atoms with E-state index in [1.807, 2.05) is 0 Å². The average molecular weight is 317 g/mol. The summed E-state index contributed by atoms with van der Waals surface area (Å²) in [7, 11) is -3.77. The zero-order valence-electron chi connectivity index (χ0n) is 9.91. The van der Waals surface area contributed by atoms with E-state index in [1.54, 1.807) is 6.92 Å². The van der Waals surface area contributed by atoms with Crippen LogP contribution < -0.4 is 10.5 Å². The van der Waals surface area contributed by atoms with Crippen LogP contribution in [0.5, 0.6) is 0 Å². The molecule has 8 heteroatoms. The summed E-state index contributed by atoms with van der Waals surface area (Å²) >= 11 is 5.72. The predicted octanol–water partition coefficient (Wildman–Crippen LogP) is 1.83. The van der Waals surface area contributed by atoms with Crippen molar-refractivity contribution in [2.45, 2.75) is 24.8 Å². The number of rotatable bonds is 4. The molecule has 0 saturated heterocycles. The molecule has 0 aromatic heterocycles. The summed E-state index contributed by atoms with van der Waals surface area (Å²) in [6, 6.07) is 1.77. The maximum absolute atomic E-state index is 13.2. The van der Waals surface area contributed by atoms with Gasteiger partial charge in [-0.3, -0.25) is 0 Å². The molecule has 0 radical (unpaired) electrons. The highest BCUT2D eigenvalue weighted by Gasteiger charge is 2.21. The van der Waals surface area contributed by atoms with Gasteiger partial charge in [-0.05, 0) is 31.5 Å². The van der Waals surface area contributed by atoms with Crippen LogP contribution in [-0.4, -0.2) is 21.0 Å². The highest BCUT2D eigenvalue weighted by atomic mass is 35.5. The molecule has 1 aromatic rings. The molecule has 3 N–H and O–H groups in total. The lowest BCUT2D eigenvalue weighted by atomic mass is 10.2. The van der Waals surface area contributed by atoms with Crippen LogP contribution in [0.2, 0.25) is 5.02 Å². The van der Waals surface area contributed by atoms with Gasteiger partial charge in [-0.15, -0.1) is 12.4 Å². The SMILES string of the molecule is Cc1cc(S(=O)(=O)N[C@@H](C)CN)c(Cl)cc1F.Cl.